The minimum Gasteiger partial charge on any atom is -0.468 e. The molecule has 0 aromatic heterocycles. The molecule has 0 bridgehead atoms. The Balaban J connectivity index is 1.76. The van der Waals surface area contributed by atoms with Crippen LogP contribution in [0.3, 0.4) is 0 Å². The average molecular weight is 507 g/mol. The van der Waals surface area contributed by atoms with Crippen LogP contribution in [0.1, 0.15) is 25.0 Å². The van der Waals surface area contributed by atoms with Gasteiger partial charge in [0, 0.05) is 32.1 Å². The minimum absolute atomic E-state index is 0.120. The molecule has 4 amide bonds. The first-order valence-electron chi connectivity index (χ1n) is 12.7. The van der Waals surface area contributed by atoms with Crippen LogP contribution in [0.25, 0.3) is 0 Å². The number of ether oxygens (including phenoxy) is 1. The summed E-state index contributed by atoms with van der Waals surface area (Å²) in [6.45, 7) is 4.83. The largest absolute Gasteiger partial charge is 0.468 e. The zero-order valence-corrected chi connectivity index (χ0v) is 21.5. The van der Waals surface area contributed by atoms with Crippen LogP contribution in [0.15, 0.2) is 60.7 Å². The third-order valence-electron chi connectivity index (χ3n) is 7.32. The van der Waals surface area contributed by atoms with Gasteiger partial charge in [0.05, 0.1) is 25.5 Å². The van der Waals surface area contributed by atoms with Gasteiger partial charge in [-0.25, -0.2) is 4.79 Å². The Labute approximate surface area is 217 Å². The average Bonchev–Trinajstić information content (AvgIpc) is 3.37. The highest BCUT2D eigenvalue weighted by Gasteiger charge is 2.68. The van der Waals surface area contributed by atoms with E-state index in [1.807, 2.05) is 74.5 Å². The summed E-state index contributed by atoms with van der Waals surface area (Å²) in [4.78, 5) is 56.8. The lowest BCUT2D eigenvalue weighted by molar-refractivity contribution is -0.154. The van der Waals surface area contributed by atoms with E-state index in [0.717, 1.165) is 11.1 Å². The molecule has 4 rings (SSSR count). The predicted molar refractivity (Wildman–Crippen MR) is 137 cm³/mol. The maximum absolute atomic E-state index is 13.9. The van der Waals surface area contributed by atoms with E-state index in [1.54, 1.807) is 4.90 Å². The van der Waals surface area contributed by atoms with E-state index in [4.69, 9.17) is 4.74 Å². The second kappa shape index (κ2) is 11.1. The number of amides is 4. The SMILES string of the molecule is CCNC(=O)N(CC)C[C@H]1N[C@@](Cc2ccccc2)(C(=O)OC)[C@H]2C(=O)N(Cc3ccccc3)C(=O)[C@@H]12. The third-order valence-corrected chi connectivity index (χ3v) is 7.32. The lowest BCUT2D eigenvalue weighted by atomic mass is 9.76. The monoisotopic (exact) mass is 506 g/mol. The number of urea groups is 1. The number of hydrogen-bond acceptors (Lipinski definition) is 6. The van der Waals surface area contributed by atoms with E-state index >= 15 is 0 Å². The van der Waals surface area contributed by atoms with E-state index in [-0.39, 0.29) is 31.4 Å². The molecule has 0 aliphatic carbocycles. The Morgan fingerprint density at radius 1 is 1.00 bits per heavy atom. The highest BCUT2D eigenvalue weighted by atomic mass is 16.5. The second-order valence-corrected chi connectivity index (χ2v) is 9.50. The van der Waals surface area contributed by atoms with Gasteiger partial charge in [0.15, 0.2) is 0 Å². The van der Waals surface area contributed by atoms with Crippen LogP contribution in [-0.2, 0) is 32.1 Å². The number of rotatable bonds is 9. The molecular weight excluding hydrogens is 472 g/mol. The van der Waals surface area contributed by atoms with Gasteiger partial charge in [-0.05, 0) is 25.0 Å². The van der Waals surface area contributed by atoms with Crippen molar-refractivity contribution >= 4 is 23.8 Å². The van der Waals surface area contributed by atoms with Crippen LogP contribution in [0, 0.1) is 11.8 Å². The molecule has 2 N–H and O–H groups in total. The Bertz CT molecular complexity index is 1140. The van der Waals surface area contributed by atoms with Crippen molar-refractivity contribution in [2.75, 3.05) is 26.7 Å². The number of methoxy groups -OCH3 is 1. The second-order valence-electron chi connectivity index (χ2n) is 9.50. The number of likely N-dealkylation sites (tertiary alicyclic amines) is 1. The third kappa shape index (κ3) is 4.96. The number of nitrogens with zero attached hydrogens (tertiary/aromatic N) is 2. The molecule has 0 spiro atoms. The number of carbonyl (C=O) groups excluding carboxylic acids is 4. The van der Waals surface area contributed by atoms with Gasteiger partial charge in [-0.1, -0.05) is 60.7 Å². The van der Waals surface area contributed by atoms with Crippen LogP contribution < -0.4 is 10.6 Å². The summed E-state index contributed by atoms with van der Waals surface area (Å²) in [5.74, 6) is -3.13. The zero-order chi connectivity index (χ0) is 26.6. The van der Waals surface area contributed by atoms with Crippen LogP contribution in [0.5, 0.6) is 0 Å². The molecule has 37 heavy (non-hydrogen) atoms. The topological polar surface area (TPSA) is 108 Å². The molecule has 2 heterocycles. The Morgan fingerprint density at radius 3 is 2.19 bits per heavy atom. The summed E-state index contributed by atoms with van der Waals surface area (Å²) in [5, 5.41) is 6.14. The molecule has 2 aliphatic rings. The number of likely N-dealkylation sites (N-methyl/N-ethyl adjacent to an activating group) is 1. The molecule has 0 radical (unpaired) electrons. The summed E-state index contributed by atoms with van der Waals surface area (Å²) >= 11 is 0. The first-order chi connectivity index (χ1) is 17.9. The van der Waals surface area contributed by atoms with Gasteiger partial charge in [-0.2, -0.15) is 0 Å². The molecule has 2 saturated heterocycles. The molecule has 0 unspecified atom stereocenters. The standard InChI is InChI=1S/C28H34N4O5/c1-4-29-27(36)31(5-2)18-21-22-23(25(34)32(24(22)33)17-20-14-10-7-11-15-20)28(30-21,26(35)37-3)16-19-12-8-6-9-13-19/h6-15,21-23,30H,4-5,16-18H2,1-3H3,(H,29,36)/t21-,22+,23-,28-/m1/s1. The first kappa shape index (κ1) is 26.3. The highest BCUT2D eigenvalue weighted by molar-refractivity contribution is 6.09. The quantitative estimate of drug-likeness (QED) is 0.398. The van der Waals surface area contributed by atoms with Crippen LogP contribution in [-0.4, -0.2) is 71.9 Å². The number of carbonyl (C=O) groups is 4. The van der Waals surface area contributed by atoms with Crippen molar-refractivity contribution in [1.82, 2.24) is 20.4 Å². The molecule has 2 aromatic rings. The van der Waals surface area contributed by atoms with Crippen LogP contribution >= 0.6 is 0 Å². The Morgan fingerprint density at radius 2 is 1.62 bits per heavy atom. The van der Waals surface area contributed by atoms with Crippen LogP contribution in [0.2, 0.25) is 0 Å². The van der Waals surface area contributed by atoms with Crippen molar-refractivity contribution in [1.29, 1.82) is 0 Å². The molecule has 2 fully saturated rings. The normalized spacial score (nSPS) is 24.6. The summed E-state index contributed by atoms with van der Waals surface area (Å²) in [6.07, 6.45) is 0.170. The summed E-state index contributed by atoms with van der Waals surface area (Å²) in [6, 6.07) is 17.8. The van der Waals surface area contributed by atoms with Gasteiger partial charge in [0.1, 0.15) is 5.54 Å². The van der Waals surface area contributed by atoms with Gasteiger partial charge in [-0.3, -0.25) is 24.6 Å². The van der Waals surface area contributed by atoms with Crippen molar-refractivity contribution in [3.63, 3.8) is 0 Å². The summed E-state index contributed by atoms with van der Waals surface area (Å²) in [7, 11) is 1.29. The molecule has 2 aliphatic heterocycles. The Hall–Kier alpha value is -3.72. The smallest absolute Gasteiger partial charge is 0.327 e. The number of fused-ring (bicyclic) bond motifs is 1. The van der Waals surface area contributed by atoms with Gasteiger partial charge in [0.25, 0.3) is 0 Å². The molecule has 9 heteroatoms. The summed E-state index contributed by atoms with van der Waals surface area (Å²) in [5.41, 5.74) is 0.195. The zero-order valence-electron chi connectivity index (χ0n) is 21.5. The van der Waals surface area contributed by atoms with Crippen molar-refractivity contribution in [3.8, 4) is 0 Å². The number of esters is 1. The van der Waals surface area contributed by atoms with Gasteiger partial charge < -0.3 is 15.0 Å². The lowest BCUT2D eigenvalue weighted by Crippen LogP contribution is -2.60. The number of nitrogens with one attached hydrogen (secondary N) is 2. The fourth-order valence-electron chi connectivity index (χ4n) is 5.64. The van der Waals surface area contributed by atoms with Crippen molar-refractivity contribution in [3.05, 3.63) is 71.8 Å². The lowest BCUT2D eigenvalue weighted by Gasteiger charge is -2.33. The maximum Gasteiger partial charge on any atom is 0.327 e. The summed E-state index contributed by atoms with van der Waals surface area (Å²) < 4.78 is 5.24. The highest BCUT2D eigenvalue weighted by Crippen LogP contribution is 2.45. The van der Waals surface area contributed by atoms with Gasteiger partial charge in [-0.15, -0.1) is 0 Å². The molecule has 196 valence electrons. The number of hydrogen-bond donors (Lipinski definition) is 2. The van der Waals surface area contributed by atoms with Crippen LogP contribution in [0.4, 0.5) is 4.79 Å². The number of imide groups is 1. The Kier molecular flexibility index (Phi) is 7.92. The van der Waals surface area contributed by atoms with E-state index in [0.29, 0.717) is 13.1 Å². The first-order valence-corrected chi connectivity index (χ1v) is 12.7. The molecule has 0 saturated carbocycles. The van der Waals surface area contributed by atoms with E-state index in [9.17, 15) is 19.2 Å². The fourth-order valence-corrected chi connectivity index (χ4v) is 5.64. The van der Waals surface area contributed by atoms with E-state index < -0.39 is 35.3 Å². The fraction of sp³-hybridized carbons (Fsp3) is 0.429. The van der Waals surface area contributed by atoms with Crippen molar-refractivity contribution in [2.45, 2.75) is 38.4 Å². The van der Waals surface area contributed by atoms with Crippen molar-refractivity contribution < 1.29 is 23.9 Å². The molecule has 2 aromatic carbocycles. The molecule has 4 atom stereocenters. The van der Waals surface area contributed by atoms with E-state index in [1.165, 1.54) is 12.0 Å². The molecular formula is C28H34N4O5. The van der Waals surface area contributed by atoms with E-state index in [2.05, 4.69) is 10.6 Å². The van der Waals surface area contributed by atoms with Crippen molar-refractivity contribution in [2.24, 2.45) is 11.8 Å². The van der Waals surface area contributed by atoms with Gasteiger partial charge in [0.2, 0.25) is 11.8 Å². The minimum atomic E-state index is -1.45. The number of benzene rings is 2. The molecule has 9 nitrogen and oxygen atoms in total. The van der Waals surface area contributed by atoms with Gasteiger partial charge >= 0.3 is 12.0 Å². The maximum atomic E-state index is 13.9. The predicted octanol–water partition coefficient (Wildman–Crippen LogP) is 1.97.